The van der Waals surface area contributed by atoms with Crippen molar-refractivity contribution in [2.24, 2.45) is 0 Å². The number of benzene rings is 4. The van der Waals surface area contributed by atoms with Crippen LogP contribution in [0.15, 0.2) is 159 Å². The van der Waals surface area contributed by atoms with Crippen LogP contribution in [-0.4, -0.2) is 20.5 Å². The number of rotatable bonds is 6. The van der Waals surface area contributed by atoms with Crippen molar-refractivity contribution in [1.82, 2.24) is 14.3 Å². The minimum Gasteiger partial charge on any atom is -0.233 e. The summed E-state index contributed by atoms with van der Waals surface area (Å²) < 4.78 is 6.20. The van der Waals surface area contributed by atoms with E-state index in [1.165, 1.54) is 21.9 Å². The first kappa shape index (κ1) is 27.0. The molecule has 0 amide bonds. The first-order valence-electron chi connectivity index (χ1n) is 13.9. The zero-order valence-corrected chi connectivity index (χ0v) is 23.6. The second-order valence-electron chi connectivity index (χ2n) is 11.2. The van der Waals surface area contributed by atoms with Gasteiger partial charge in [0, 0.05) is 12.4 Å². The molecule has 0 unspecified atom stereocenters. The molecule has 2 heterocycles. The van der Waals surface area contributed by atoms with Gasteiger partial charge in [0.1, 0.15) is 24.1 Å². The first-order valence-corrected chi connectivity index (χ1v) is 13.9. The maximum atomic E-state index is 4.17. The molecule has 6 aromatic rings. The third-order valence-corrected chi connectivity index (χ3v) is 7.53. The third kappa shape index (κ3) is 5.84. The molecule has 5 heteroatoms. The van der Waals surface area contributed by atoms with Gasteiger partial charge in [-0.2, -0.15) is 26.9 Å². The van der Waals surface area contributed by atoms with E-state index >= 15 is 0 Å². The monoisotopic (exact) mass is 524 g/mol. The van der Waals surface area contributed by atoms with Crippen molar-refractivity contribution in [3.05, 3.63) is 159 Å². The zero-order valence-electron chi connectivity index (χ0n) is 23.6. The summed E-state index contributed by atoms with van der Waals surface area (Å²) in [6, 6.07) is 45.5. The van der Waals surface area contributed by atoms with Crippen LogP contribution < -0.4 is 26.4 Å². The van der Waals surface area contributed by atoms with Gasteiger partial charge in [0.25, 0.3) is 0 Å². The summed E-state index contributed by atoms with van der Waals surface area (Å²) in [5.74, 6) is 0. The van der Waals surface area contributed by atoms with Crippen molar-refractivity contribution in [3.8, 4) is 0 Å². The van der Waals surface area contributed by atoms with Crippen molar-refractivity contribution in [1.29, 1.82) is 0 Å². The number of nitrogens with zero attached hydrogens (tertiary/aromatic N) is 4. The smallest absolute Gasteiger partial charge is 0.233 e. The molecule has 0 spiro atoms. The molecule has 200 valence electrons. The lowest BCUT2D eigenvalue weighted by atomic mass is 9.13. The van der Waals surface area contributed by atoms with Crippen LogP contribution in [0.5, 0.6) is 0 Å². The number of hydrogen-bond donors (Lipinski definition) is 0. The van der Waals surface area contributed by atoms with Crippen LogP contribution in [0.4, 0.5) is 0 Å². The van der Waals surface area contributed by atoms with E-state index in [-0.39, 0.29) is 5.54 Å². The van der Waals surface area contributed by atoms with Gasteiger partial charge in [0.05, 0.1) is 0 Å². The fourth-order valence-electron chi connectivity index (χ4n) is 5.55. The lowest BCUT2D eigenvalue weighted by Crippen LogP contribution is -2.74. The summed E-state index contributed by atoms with van der Waals surface area (Å²) in [4.78, 5) is 0. The number of hydrogen-bond acceptors (Lipinski definition) is 1. The van der Waals surface area contributed by atoms with E-state index in [9.17, 15) is 0 Å². The quantitative estimate of drug-likeness (QED) is 0.236. The maximum Gasteiger partial charge on any atom is 0.245 e. The minimum absolute atomic E-state index is 0.134. The molecule has 0 fully saturated rings. The molecular formula is C35H37BN4. The van der Waals surface area contributed by atoms with E-state index in [1.807, 2.05) is 16.9 Å². The van der Waals surface area contributed by atoms with Gasteiger partial charge in [-0.25, -0.2) is 13.8 Å². The van der Waals surface area contributed by atoms with E-state index in [2.05, 4.69) is 175 Å². The predicted octanol–water partition coefficient (Wildman–Crippen LogP) is 4.30. The Morgan fingerprint density at radius 2 is 1.02 bits per heavy atom. The van der Waals surface area contributed by atoms with E-state index < -0.39 is 6.15 Å². The molecule has 2 aromatic heterocycles. The van der Waals surface area contributed by atoms with Crippen LogP contribution in [0.3, 0.4) is 0 Å². The highest BCUT2D eigenvalue weighted by atomic mass is 15.3. The van der Waals surface area contributed by atoms with Gasteiger partial charge in [-0.15, -0.1) is 0 Å². The molecule has 0 bridgehead atoms. The SMILES string of the molecule is CC(C)(C)n1cc[n+](Cn2cccn2)c1.c1ccc([B-](c2ccccc2)(c2ccccc2)c2ccccc2)cc1. The second-order valence-corrected chi connectivity index (χ2v) is 11.2. The Hall–Kier alpha value is -4.64. The van der Waals surface area contributed by atoms with E-state index in [0.717, 1.165) is 6.67 Å². The minimum atomic E-state index is -1.22. The molecule has 0 aliphatic heterocycles. The maximum absolute atomic E-state index is 4.17. The third-order valence-electron chi connectivity index (χ3n) is 7.53. The standard InChI is InChI=1S/C24H20B.C11H17N4/c1-5-13-21(14-6-1)25(22-15-7-2-8-16-22,23-17-9-3-10-18-23)24-19-11-4-12-20-24;1-11(2,3)14-8-7-13(9-14)10-15-6-4-5-12-15/h1-20H;4-9H,10H2,1-3H3/q-1;+1. The van der Waals surface area contributed by atoms with Gasteiger partial charge in [-0.3, -0.25) is 0 Å². The van der Waals surface area contributed by atoms with Crippen LogP contribution in [0, 0.1) is 0 Å². The molecule has 0 saturated heterocycles. The fraction of sp³-hybridized carbons (Fsp3) is 0.143. The Morgan fingerprint density at radius 3 is 1.35 bits per heavy atom. The lowest BCUT2D eigenvalue weighted by Gasteiger charge is -2.44. The largest absolute Gasteiger partial charge is 0.245 e. The summed E-state index contributed by atoms with van der Waals surface area (Å²) >= 11 is 0. The Bertz CT molecular complexity index is 1410. The highest BCUT2D eigenvalue weighted by Gasteiger charge is 2.31. The Kier molecular flexibility index (Phi) is 8.11. The summed E-state index contributed by atoms with van der Waals surface area (Å²) in [6.07, 6.45) is 8.79. The second kappa shape index (κ2) is 12.0. The first-order chi connectivity index (χ1) is 19.5. The molecule has 0 atom stereocenters. The van der Waals surface area contributed by atoms with Crippen molar-refractivity contribution in [2.45, 2.75) is 33.0 Å². The van der Waals surface area contributed by atoms with Gasteiger partial charge in [-0.1, -0.05) is 121 Å². The summed E-state index contributed by atoms with van der Waals surface area (Å²) in [6.45, 7) is 7.32. The molecule has 0 aliphatic rings. The molecule has 40 heavy (non-hydrogen) atoms. The zero-order chi connectivity index (χ0) is 27.8. The Balaban J connectivity index is 0.000000184. The summed E-state index contributed by atoms with van der Waals surface area (Å²) in [5, 5.41) is 4.17. The lowest BCUT2D eigenvalue weighted by molar-refractivity contribution is -0.702. The molecule has 0 N–H and O–H groups in total. The van der Waals surface area contributed by atoms with Crippen LogP contribution in [-0.2, 0) is 12.2 Å². The summed E-state index contributed by atoms with van der Waals surface area (Å²) in [5.41, 5.74) is 5.49. The van der Waals surface area contributed by atoms with Crippen molar-refractivity contribution < 1.29 is 4.57 Å². The molecule has 4 aromatic carbocycles. The molecule has 6 rings (SSSR count). The number of imidazole rings is 1. The molecule has 0 radical (unpaired) electrons. The van der Waals surface area contributed by atoms with Gasteiger partial charge >= 0.3 is 0 Å². The number of aromatic nitrogens is 4. The molecule has 4 nitrogen and oxygen atoms in total. The fourth-order valence-corrected chi connectivity index (χ4v) is 5.55. The van der Waals surface area contributed by atoms with Gasteiger partial charge in [0.2, 0.25) is 6.33 Å². The Morgan fingerprint density at radius 1 is 0.600 bits per heavy atom. The average molecular weight is 525 g/mol. The Labute approximate surface area is 238 Å². The van der Waals surface area contributed by atoms with Crippen LogP contribution in [0.25, 0.3) is 0 Å². The van der Waals surface area contributed by atoms with Crippen LogP contribution in [0.2, 0.25) is 0 Å². The average Bonchev–Trinajstić information content (AvgIpc) is 3.69. The molecular weight excluding hydrogens is 487 g/mol. The molecule has 0 aliphatic carbocycles. The topological polar surface area (TPSA) is 26.6 Å². The van der Waals surface area contributed by atoms with Gasteiger partial charge < -0.3 is 0 Å². The highest BCUT2D eigenvalue weighted by Crippen LogP contribution is 2.11. The van der Waals surface area contributed by atoms with Crippen molar-refractivity contribution in [2.75, 3.05) is 0 Å². The normalized spacial score (nSPS) is 11.5. The molecule has 0 saturated carbocycles. The van der Waals surface area contributed by atoms with E-state index in [4.69, 9.17) is 0 Å². The highest BCUT2D eigenvalue weighted by molar-refractivity contribution is 7.19. The predicted molar refractivity (Wildman–Crippen MR) is 167 cm³/mol. The summed E-state index contributed by atoms with van der Waals surface area (Å²) in [7, 11) is 0. The van der Waals surface area contributed by atoms with Gasteiger partial charge in [0.15, 0.2) is 6.67 Å². The van der Waals surface area contributed by atoms with Crippen LogP contribution >= 0.6 is 0 Å². The van der Waals surface area contributed by atoms with E-state index in [0.29, 0.717) is 0 Å². The van der Waals surface area contributed by atoms with Crippen molar-refractivity contribution >= 4 is 28.0 Å². The van der Waals surface area contributed by atoms with Crippen molar-refractivity contribution in [3.63, 3.8) is 0 Å². The van der Waals surface area contributed by atoms with E-state index in [1.54, 1.807) is 6.20 Å². The van der Waals surface area contributed by atoms with Gasteiger partial charge in [-0.05, 0) is 26.8 Å². The van der Waals surface area contributed by atoms with Crippen LogP contribution in [0.1, 0.15) is 20.8 Å².